The molecular formula is C12H19N3O. The summed E-state index contributed by atoms with van der Waals surface area (Å²) in [6.07, 6.45) is 2.59. The average molecular weight is 221 g/mol. The first kappa shape index (κ1) is 12.5. The molecule has 4 heteroatoms. The van der Waals surface area contributed by atoms with Gasteiger partial charge in [-0.15, -0.1) is 0 Å². The predicted octanol–water partition coefficient (Wildman–Crippen LogP) is 2.00. The van der Waals surface area contributed by atoms with Gasteiger partial charge in [0.1, 0.15) is 5.82 Å². The SMILES string of the molecule is CCCN(CC)C(=O)c1ccc(NC)nc1. The number of rotatable bonds is 5. The quantitative estimate of drug-likeness (QED) is 0.827. The minimum absolute atomic E-state index is 0.0551. The highest BCUT2D eigenvalue weighted by Crippen LogP contribution is 2.07. The molecule has 1 aromatic heterocycles. The van der Waals surface area contributed by atoms with Crippen LogP contribution in [0.15, 0.2) is 18.3 Å². The van der Waals surface area contributed by atoms with Gasteiger partial charge in [0.2, 0.25) is 0 Å². The van der Waals surface area contributed by atoms with Crippen LogP contribution >= 0.6 is 0 Å². The zero-order valence-corrected chi connectivity index (χ0v) is 10.2. The second-order valence-corrected chi connectivity index (χ2v) is 3.57. The van der Waals surface area contributed by atoms with E-state index in [1.807, 2.05) is 17.9 Å². The Morgan fingerprint density at radius 2 is 2.19 bits per heavy atom. The molecule has 0 aromatic carbocycles. The van der Waals surface area contributed by atoms with Gasteiger partial charge in [-0.3, -0.25) is 4.79 Å². The van der Waals surface area contributed by atoms with Crippen LogP contribution < -0.4 is 5.32 Å². The van der Waals surface area contributed by atoms with E-state index in [0.717, 1.165) is 25.3 Å². The molecule has 88 valence electrons. The lowest BCUT2D eigenvalue weighted by atomic mass is 10.2. The van der Waals surface area contributed by atoms with Crippen molar-refractivity contribution in [1.82, 2.24) is 9.88 Å². The summed E-state index contributed by atoms with van der Waals surface area (Å²) in [4.78, 5) is 18.0. The maximum absolute atomic E-state index is 12.0. The van der Waals surface area contributed by atoms with Crippen molar-refractivity contribution in [1.29, 1.82) is 0 Å². The van der Waals surface area contributed by atoms with E-state index in [1.54, 1.807) is 19.3 Å². The van der Waals surface area contributed by atoms with Gasteiger partial charge >= 0.3 is 0 Å². The molecule has 0 aliphatic carbocycles. The number of carbonyl (C=O) groups is 1. The van der Waals surface area contributed by atoms with Crippen molar-refractivity contribution in [3.05, 3.63) is 23.9 Å². The van der Waals surface area contributed by atoms with E-state index in [4.69, 9.17) is 0 Å². The van der Waals surface area contributed by atoms with Crippen LogP contribution in [-0.2, 0) is 0 Å². The van der Waals surface area contributed by atoms with Crippen LogP contribution in [0.5, 0.6) is 0 Å². The van der Waals surface area contributed by atoms with Crippen molar-refractivity contribution in [2.24, 2.45) is 0 Å². The van der Waals surface area contributed by atoms with Gasteiger partial charge in [-0.2, -0.15) is 0 Å². The molecule has 1 rings (SSSR count). The summed E-state index contributed by atoms with van der Waals surface area (Å²) < 4.78 is 0. The molecule has 1 heterocycles. The van der Waals surface area contributed by atoms with Gasteiger partial charge in [0, 0.05) is 26.3 Å². The number of aromatic nitrogens is 1. The molecule has 1 aromatic rings. The van der Waals surface area contributed by atoms with E-state index < -0.39 is 0 Å². The van der Waals surface area contributed by atoms with Crippen molar-refractivity contribution in [3.63, 3.8) is 0 Å². The van der Waals surface area contributed by atoms with Gasteiger partial charge in [-0.25, -0.2) is 4.98 Å². The van der Waals surface area contributed by atoms with Gasteiger partial charge in [-0.05, 0) is 25.5 Å². The molecule has 4 nitrogen and oxygen atoms in total. The van der Waals surface area contributed by atoms with Crippen LogP contribution in [0.25, 0.3) is 0 Å². The number of anilines is 1. The Balaban J connectivity index is 2.78. The zero-order valence-electron chi connectivity index (χ0n) is 10.2. The van der Waals surface area contributed by atoms with E-state index in [0.29, 0.717) is 5.56 Å². The first-order valence-electron chi connectivity index (χ1n) is 5.66. The molecule has 0 unspecified atom stereocenters. The number of carbonyl (C=O) groups excluding carboxylic acids is 1. The van der Waals surface area contributed by atoms with E-state index in [-0.39, 0.29) is 5.91 Å². The lowest BCUT2D eigenvalue weighted by Gasteiger charge is -2.19. The molecule has 0 radical (unpaired) electrons. The first-order chi connectivity index (χ1) is 7.72. The molecule has 0 atom stereocenters. The number of nitrogens with one attached hydrogen (secondary N) is 1. The van der Waals surface area contributed by atoms with Gasteiger partial charge in [0.05, 0.1) is 5.56 Å². The highest BCUT2D eigenvalue weighted by Gasteiger charge is 2.13. The van der Waals surface area contributed by atoms with Crippen LogP contribution in [0.2, 0.25) is 0 Å². The summed E-state index contributed by atoms with van der Waals surface area (Å²) in [6.45, 7) is 5.59. The standard InChI is InChI=1S/C12H19N3O/c1-4-8-15(5-2)12(16)10-6-7-11(13-3)14-9-10/h6-7,9H,4-5,8H2,1-3H3,(H,13,14). The number of nitrogens with zero attached hydrogens (tertiary/aromatic N) is 2. The third kappa shape index (κ3) is 2.95. The second kappa shape index (κ2) is 6.10. The monoisotopic (exact) mass is 221 g/mol. The van der Waals surface area contributed by atoms with Crippen LogP contribution in [0, 0.1) is 0 Å². The molecule has 1 N–H and O–H groups in total. The smallest absolute Gasteiger partial charge is 0.255 e. The normalized spacial score (nSPS) is 9.94. The minimum Gasteiger partial charge on any atom is -0.373 e. The molecule has 0 aliphatic heterocycles. The van der Waals surface area contributed by atoms with Crippen molar-refractivity contribution >= 4 is 11.7 Å². The topological polar surface area (TPSA) is 45.2 Å². The van der Waals surface area contributed by atoms with E-state index in [1.165, 1.54) is 0 Å². The molecule has 0 bridgehead atoms. The highest BCUT2D eigenvalue weighted by molar-refractivity contribution is 5.94. The molecule has 0 aliphatic rings. The lowest BCUT2D eigenvalue weighted by molar-refractivity contribution is 0.0764. The van der Waals surface area contributed by atoms with Crippen LogP contribution in [0.1, 0.15) is 30.6 Å². The van der Waals surface area contributed by atoms with E-state index in [9.17, 15) is 4.79 Å². The maximum atomic E-state index is 12.0. The summed E-state index contributed by atoms with van der Waals surface area (Å²) in [5.41, 5.74) is 0.648. The Morgan fingerprint density at radius 3 is 2.62 bits per heavy atom. The number of pyridine rings is 1. The average Bonchev–Trinajstić information content (AvgIpc) is 2.35. The Labute approximate surface area is 96.7 Å². The third-order valence-corrected chi connectivity index (χ3v) is 2.43. The fourth-order valence-corrected chi connectivity index (χ4v) is 1.52. The molecule has 0 fully saturated rings. The zero-order chi connectivity index (χ0) is 12.0. The molecule has 0 saturated carbocycles. The molecule has 0 saturated heterocycles. The predicted molar refractivity (Wildman–Crippen MR) is 65.7 cm³/mol. The van der Waals surface area contributed by atoms with Gasteiger partial charge < -0.3 is 10.2 Å². The van der Waals surface area contributed by atoms with Crippen molar-refractivity contribution in [3.8, 4) is 0 Å². The van der Waals surface area contributed by atoms with Gasteiger partial charge in [0.15, 0.2) is 0 Å². The fourth-order valence-electron chi connectivity index (χ4n) is 1.52. The number of amides is 1. The number of hydrogen-bond donors (Lipinski definition) is 1. The van der Waals surface area contributed by atoms with Gasteiger partial charge in [0.25, 0.3) is 5.91 Å². The third-order valence-electron chi connectivity index (χ3n) is 2.43. The first-order valence-corrected chi connectivity index (χ1v) is 5.66. The second-order valence-electron chi connectivity index (χ2n) is 3.57. The summed E-state index contributed by atoms with van der Waals surface area (Å²) in [7, 11) is 1.80. The Kier molecular flexibility index (Phi) is 4.76. The number of hydrogen-bond acceptors (Lipinski definition) is 3. The minimum atomic E-state index is 0.0551. The maximum Gasteiger partial charge on any atom is 0.255 e. The Bertz CT molecular complexity index is 335. The van der Waals surface area contributed by atoms with E-state index >= 15 is 0 Å². The summed E-state index contributed by atoms with van der Waals surface area (Å²) in [6, 6.07) is 3.62. The molecule has 1 amide bonds. The van der Waals surface area contributed by atoms with Crippen LogP contribution in [-0.4, -0.2) is 35.9 Å². The van der Waals surface area contributed by atoms with Crippen molar-refractivity contribution in [2.45, 2.75) is 20.3 Å². The molecule has 16 heavy (non-hydrogen) atoms. The van der Waals surface area contributed by atoms with Crippen LogP contribution in [0.4, 0.5) is 5.82 Å². The highest BCUT2D eigenvalue weighted by atomic mass is 16.2. The summed E-state index contributed by atoms with van der Waals surface area (Å²) in [5, 5.41) is 2.93. The van der Waals surface area contributed by atoms with Crippen molar-refractivity contribution in [2.75, 3.05) is 25.5 Å². The Morgan fingerprint density at radius 1 is 1.44 bits per heavy atom. The molecular weight excluding hydrogens is 202 g/mol. The fraction of sp³-hybridized carbons (Fsp3) is 0.500. The largest absolute Gasteiger partial charge is 0.373 e. The lowest BCUT2D eigenvalue weighted by Crippen LogP contribution is -2.31. The summed E-state index contributed by atoms with van der Waals surface area (Å²) >= 11 is 0. The molecule has 0 spiro atoms. The van der Waals surface area contributed by atoms with Crippen molar-refractivity contribution < 1.29 is 4.79 Å². The van der Waals surface area contributed by atoms with Crippen LogP contribution in [0.3, 0.4) is 0 Å². The Hall–Kier alpha value is -1.58. The summed E-state index contributed by atoms with van der Waals surface area (Å²) in [5.74, 6) is 0.828. The van der Waals surface area contributed by atoms with E-state index in [2.05, 4.69) is 17.2 Å². The van der Waals surface area contributed by atoms with Gasteiger partial charge in [-0.1, -0.05) is 6.92 Å².